The van der Waals surface area contributed by atoms with E-state index in [0.29, 0.717) is 5.69 Å². The minimum absolute atomic E-state index is 0.00479. The number of halogens is 1. The highest BCUT2D eigenvalue weighted by atomic mass is 35.5. The fourth-order valence-corrected chi connectivity index (χ4v) is 2.59. The third-order valence-corrected chi connectivity index (χ3v) is 3.84. The summed E-state index contributed by atoms with van der Waals surface area (Å²) >= 11 is 6.16. The molecule has 1 atom stereocenters. The lowest BCUT2D eigenvalue weighted by Gasteiger charge is -2.29. The molecule has 2 heterocycles. The van der Waals surface area contributed by atoms with Crippen LogP contribution in [0, 0.1) is 0 Å². The first-order valence-electron chi connectivity index (χ1n) is 7.33. The van der Waals surface area contributed by atoms with Gasteiger partial charge in [0.25, 0.3) is 5.56 Å². The smallest absolute Gasteiger partial charge is 0.287 e. The second kappa shape index (κ2) is 7.24. The second-order valence-electron chi connectivity index (χ2n) is 5.67. The van der Waals surface area contributed by atoms with Crippen LogP contribution < -0.4 is 10.9 Å². The molecule has 0 aliphatic carbocycles. The van der Waals surface area contributed by atoms with E-state index in [0.717, 1.165) is 32.8 Å². The van der Waals surface area contributed by atoms with Crippen LogP contribution in [0.1, 0.15) is 26.8 Å². The monoisotopic (exact) mass is 314 g/mol. The van der Waals surface area contributed by atoms with E-state index in [-0.39, 0.29) is 22.7 Å². The van der Waals surface area contributed by atoms with Crippen molar-refractivity contribution < 1.29 is 4.74 Å². The van der Waals surface area contributed by atoms with Crippen molar-refractivity contribution in [2.24, 2.45) is 0 Å². The van der Waals surface area contributed by atoms with E-state index >= 15 is 0 Å². The molecule has 1 N–H and O–H groups in total. The maximum absolute atomic E-state index is 12.1. The molecule has 0 aromatic carbocycles. The van der Waals surface area contributed by atoms with Gasteiger partial charge in [-0.1, -0.05) is 11.6 Å². The fraction of sp³-hybridized carbons (Fsp3) is 0.714. The van der Waals surface area contributed by atoms with E-state index < -0.39 is 0 Å². The molecule has 2 rings (SSSR count). The lowest BCUT2D eigenvalue weighted by molar-refractivity contribution is 0.0368. The van der Waals surface area contributed by atoms with Gasteiger partial charge in [-0.15, -0.1) is 0 Å². The topological polar surface area (TPSA) is 59.4 Å². The van der Waals surface area contributed by atoms with Crippen LogP contribution in [0.2, 0.25) is 5.02 Å². The minimum atomic E-state index is -0.254. The summed E-state index contributed by atoms with van der Waals surface area (Å²) in [6.45, 7) is 10.2. The van der Waals surface area contributed by atoms with E-state index in [1.165, 1.54) is 4.68 Å². The summed E-state index contributed by atoms with van der Waals surface area (Å²) in [6.07, 6.45) is 1.62. The SMILES string of the molecule is CC(CN1CCOCC1)Nc1cnn(C(C)C)c(=O)c1Cl. The number of hydrogen-bond donors (Lipinski definition) is 1. The van der Waals surface area contributed by atoms with Crippen molar-refractivity contribution in [1.82, 2.24) is 14.7 Å². The molecule has 1 aliphatic heterocycles. The maximum Gasteiger partial charge on any atom is 0.287 e. The third-order valence-electron chi connectivity index (χ3n) is 3.47. The van der Waals surface area contributed by atoms with Crippen molar-refractivity contribution in [3.05, 3.63) is 21.6 Å². The predicted molar refractivity (Wildman–Crippen MR) is 84.2 cm³/mol. The normalized spacial score (nSPS) is 18.0. The standard InChI is InChI=1S/C14H23ClN4O2/c1-10(2)19-14(20)13(15)12(8-16-19)17-11(3)9-18-4-6-21-7-5-18/h8,10-11,17H,4-7,9H2,1-3H3. The highest BCUT2D eigenvalue weighted by Crippen LogP contribution is 2.17. The van der Waals surface area contributed by atoms with Crippen LogP contribution in [-0.2, 0) is 4.74 Å². The maximum atomic E-state index is 12.1. The highest BCUT2D eigenvalue weighted by molar-refractivity contribution is 6.32. The third kappa shape index (κ3) is 4.18. The number of nitrogens with one attached hydrogen (secondary N) is 1. The number of ether oxygens (including phenoxy) is 1. The lowest BCUT2D eigenvalue weighted by Crippen LogP contribution is -2.42. The van der Waals surface area contributed by atoms with E-state index in [1.54, 1.807) is 6.20 Å². The molecular weight excluding hydrogens is 292 g/mol. The second-order valence-corrected chi connectivity index (χ2v) is 6.05. The summed E-state index contributed by atoms with van der Waals surface area (Å²) in [6, 6.07) is 0.173. The van der Waals surface area contributed by atoms with Crippen LogP contribution in [0.15, 0.2) is 11.0 Å². The lowest BCUT2D eigenvalue weighted by atomic mass is 10.2. The van der Waals surface area contributed by atoms with E-state index in [9.17, 15) is 4.79 Å². The zero-order valence-corrected chi connectivity index (χ0v) is 13.6. The van der Waals surface area contributed by atoms with Crippen molar-refractivity contribution in [3.63, 3.8) is 0 Å². The largest absolute Gasteiger partial charge is 0.379 e. The van der Waals surface area contributed by atoms with E-state index in [1.807, 2.05) is 13.8 Å². The molecule has 1 aromatic rings. The van der Waals surface area contributed by atoms with Gasteiger partial charge in [0.05, 0.1) is 31.1 Å². The van der Waals surface area contributed by atoms with Crippen molar-refractivity contribution in [1.29, 1.82) is 0 Å². The first kappa shape index (κ1) is 16.3. The molecule has 1 aliphatic rings. The molecular formula is C14H23ClN4O2. The molecule has 6 nitrogen and oxygen atoms in total. The van der Waals surface area contributed by atoms with Crippen LogP contribution in [0.25, 0.3) is 0 Å². The summed E-state index contributed by atoms with van der Waals surface area (Å²) in [5, 5.41) is 7.64. The van der Waals surface area contributed by atoms with Crippen LogP contribution >= 0.6 is 11.6 Å². The zero-order chi connectivity index (χ0) is 15.4. The molecule has 118 valence electrons. The number of rotatable bonds is 5. The molecule has 1 saturated heterocycles. The number of morpholine rings is 1. The van der Waals surface area contributed by atoms with E-state index in [2.05, 4.69) is 22.2 Å². The van der Waals surface area contributed by atoms with Gasteiger partial charge in [0, 0.05) is 25.7 Å². The molecule has 1 unspecified atom stereocenters. The molecule has 0 spiro atoms. The first-order chi connectivity index (χ1) is 9.99. The van der Waals surface area contributed by atoms with Crippen LogP contribution in [0.3, 0.4) is 0 Å². The highest BCUT2D eigenvalue weighted by Gasteiger charge is 2.16. The first-order valence-corrected chi connectivity index (χ1v) is 7.70. The van der Waals surface area contributed by atoms with Gasteiger partial charge in [0.1, 0.15) is 5.02 Å². The number of nitrogens with zero attached hydrogens (tertiary/aromatic N) is 3. The van der Waals surface area contributed by atoms with Crippen LogP contribution in [-0.4, -0.2) is 53.6 Å². The van der Waals surface area contributed by atoms with Gasteiger partial charge >= 0.3 is 0 Å². The van der Waals surface area contributed by atoms with Crippen LogP contribution in [0.5, 0.6) is 0 Å². The summed E-state index contributed by atoms with van der Waals surface area (Å²) in [4.78, 5) is 14.4. The Balaban J connectivity index is 2.02. The van der Waals surface area contributed by atoms with E-state index in [4.69, 9.17) is 16.3 Å². The Morgan fingerprint density at radius 1 is 1.38 bits per heavy atom. The Kier molecular flexibility index (Phi) is 5.61. The Bertz CT molecular complexity index is 526. The number of aromatic nitrogens is 2. The molecule has 0 saturated carbocycles. The van der Waals surface area contributed by atoms with Gasteiger partial charge in [-0.2, -0.15) is 5.10 Å². The average Bonchev–Trinajstić information content (AvgIpc) is 2.44. The van der Waals surface area contributed by atoms with Crippen LogP contribution in [0.4, 0.5) is 5.69 Å². The summed E-state index contributed by atoms with van der Waals surface area (Å²) in [7, 11) is 0. The fourth-order valence-electron chi connectivity index (χ4n) is 2.40. The van der Waals surface area contributed by atoms with Gasteiger partial charge < -0.3 is 10.1 Å². The predicted octanol–water partition coefficient (Wildman–Crippen LogP) is 1.61. The zero-order valence-electron chi connectivity index (χ0n) is 12.8. The Labute approximate surface area is 130 Å². The Morgan fingerprint density at radius 3 is 2.67 bits per heavy atom. The summed E-state index contributed by atoms with van der Waals surface area (Å²) < 4.78 is 6.72. The van der Waals surface area contributed by atoms with Gasteiger partial charge in [-0.05, 0) is 20.8 Å². The molecule has 0 radical (unpaired) electrons. The van der Waals surface area contributed by atoms with Crippen molar-refractivity contribution in [2.45, 2.75) is 32.9 Å². The molecule has 7 heteroatoms. The molecule has 21 heavy (non-hydrogen) atoms. The quantitative estimate of drug-likeness (QED) is 0.895. The van der Waals surface area contributed by atoms with Gasteiger partial charge in [-0.3, -0.25) is 9.69 Å². The molecule has 0 amide bonds. The Hall–Kier alpha value is -1.11. The molecule has 1 fully saturated rings. The Morgan fingerprint density at radius 2 is 2.05 bits per heavy atom. The van der Waals surface area contributed by atoms with Crippen molar-refractivity contribution in [2.75, 3.05) is 38.2 Å². The van der Waals surface area contributed by atoms with Gasteiger partial charge in [0.15, 0.2) is 0 Å². The minimum Gasteiger partial charge on any atom is -0.379 e. The van der Waals surface area contributed by atoms with Gasteiger partial charge in [-0.25, -0.2) is 4.68 Å². The number of hydrogen-bond acceptors (Lipinski definition) is 5. The number of anilines is 1. The molecule has 0 bridgehead atoms. The average molecular weight is 315 g/mol. The van der Waals surface area contributed by atoms with Crippen molar-refractivity contribution in [3.8, 4) is 0 Å². The van der Waals surface area contributed by atoms with Crippen molar-refractivity contribution >= 4 is 17.3 Å². The summed E-state index contributed by atoms with van der Waals surface area (Å²) in [5.41, 5.74) is 0.342. The van der Waals surface area contributed by atoms with Gasteiger partial charge in [0.2, 0.25) is 0 Å². The molecule has 1 aromatic heterocycles. The summed E-state index contributed by atoms with van der Waals surface area (Å²) in [5.74, 6) is 0.